The molecule has 156 valence electrons. The van der Waals surface area contributed by atoms with E-state index in [1.165, 1.54) is 17.7 Å². The van der Waals surface area contributed by atoms with Gasteiger partial charge in [0.05, 0.1) is 18.0 Å². The van der Waals surface area contributed by atoms with Crippen LogP contribution in [0.15, 0.2) is 29.2 Å². The molecule has 0 aromatic heterocycles. The number of amides is 1. The molecule has 0 bridgehead atoms. The molecule has 2 N–H and O–H groups in total. The lowest BCUT2D eigenvalue weighted by Crippen LogP contribution is -3.14. The van der Waals surface area contributed by atoms with E-state index in [-0.39, 0.29) is 5.91 Å². The molecule has 0 saturated carbocycles. The van der Waals surface area contributed by atoms with Crippen LogP contribution in [-0.4, -0.2) is 51.4 Å². The van der Waals surface area contributed by atoms with Gasteiger partial charge in [-0.15, -0.1) is 0 Å². The van der Waals surface area contributed by atoms with Gasteiger partial charge in [-0.2, -0.15) is 4.31 Å². The number of carbonyl (C=O) groups excluding carboxylic acids is 1. The van der Waals surface area contributed by atoms with Crippen LogP contribution < -0.4 is 10.2 Å². The third kappa shape index (κ3) is 5.33. The molecular formula is C21H34N3O3S+. The standard InChI is InChI=1S/C21H33N3O3S/c1-16-5-4-10-23(12-16)15-21(25)22-19-6-8-20(9-7-19)28(26,27)24-13-17(2)11-18(3)14-24/h6-9,16-18H,4-5,10-15H2,1-3H3,(H,22,25)/p+1/t16-,17-,18+/m1/s1. The number of likely N-dealkylation sites (tertiary alicyclic amines) is 1. The SMILES string of the molecule is C[C@@H]1C[C@H](C)CN(S(=O)(=O)c2ccc(NC(=O)C[NH+]3CCC[C@@H](C)C3)cc2)C1. The first-order valence-electron chi connectivity index (χ1n) is 10.5. The average Bonchev–Trinajstić information content (AvgIpc) is 2.61. The number of nitrogens with one attached hydrogen (secondary N) is 2. The zero-order valence-corrected chi connectivity index (χ0v) is 18.1. The zero-order valence-electron chi connectivity index (χ0n) is 17.3. The number of hydrogen-bond donors (Lipinski definition) is 2. The van der Waals surface area contributed by atoms with Crippen molar-refractivity contribution in [2.45, 2.75) is 44.9 Å². The third-order valence-electron chi connectivity index (χ3n) is 5.89. The quantitative estimate of drug-likeness (QED) is 0.778. The van der Waals surface area contributed by atoms with Gasteiger partial charge in [0.25, 0.3) is 5.91 Å². The molecule has 1 aromatic carbocycles. The highest BCUT2D eigenvalue weighted by atomic mass is 32.2. The summed E-state index contributed by atoms with van der Waals surface area (Å²) in [6, 6.07) is 6.58. The van der Waals surface area contributed by atoms with Crippen molar-refractivity contribution in [3.05, 3.63) is 24.3 Å². The first-order valence-corrected chi connectivity index (χ1v) is 11.9. The summed E-state index contributed by atoms with van der Waals surface area (Å²) < 4.78 is 27.5. The van der Waals surface area contributed by atoms with Crippen molar-refractivity contribution in [1.29, 1.82) is 0 Å². The second-order valence-electron chi connectivity index (χ2n) is 8.97. The number of hydrogen-bond acceptors (Lipinski definition) is 3. The fourth-order valence-corrected chi connectivity index (χ4v) is 6.33. The molecule has 2 heterocycles. The first kappa shape index (κ1) is 21.3. The van der Waals surface area contributed by atoms with Crippen molar-refractivity contribution in [3.8, 4) is 0 Å². The Balaban J connectivity index is 1.60. The van der Waals surface area contributed by atoms with Crippen LogP contribution in [0.4, 0.5) is 5.69 Å². The van der Waals surface area contributed by atoms with Gasteiger partial charge in [-0.05, 0) is 55.4 Å². The minimum atomic E-state index is -3.49. The Morgan fingerprint density at radius 1 is 1.11 bits per heavy atom. The van der Waals surface area contributed by atoms with E-state index in [4.69, 9.17) is 0 Å². The fraction of sp³-hybridized carbons (Fsp3) is 0.667. The molecule has 4 atom stereocenters. The minimum Gasteiger partial charge on any atom is -0.327 e. The summed E-state index contributed by atoms with van der Waals surface area (Å²) >= 11 is 0. The van der Waals surface area contributed by atoms with Crippen LogP contribution >= 0.6 is 0 Å². The molecule has 2 aliphatic rings. The predicted molar refractivity (Wildman–Crippen MR) is 111 cm³/mol. The molecule has 2 aliphatic heterocycles. The average molecular weight is 409 g/mol. The molecule has 0 spiro atoms. The Morgan fingerprint density at radius 2 is 1.75 bits per heavy atom. The van der Waals surface area contributed by atoms with Gasteiger partial charge in [0.2, 0.25) is 10.0 Å². The molecule has 3 rings (SSSR count). The van der Waals surface area contributed by atoms with Gasteiger partial charge in [-0.1, -0.05) is 20.8 Å². The molecule has 6 nitrogen and oxygen atoms in total. The van der Waals surface area contributed by atoms with Crippen molar-refractivity contribution in [1.82, 2.24) is 4.31 Å². The number of sulfonamides is 1. The number of benzene rings is 1. The number of piperidine rings is 2. The molecule has 1 amide bonds. The van der Waals surface area contributed by atoms with Crippen LogP contribution in [-0.2, 0) is 14.8 Å². The highest BCUT2D eigenvalue weighted by Crippen LogP contribution is 2.27. The van der Waals surface area contributed by atoms with Gasteiger partial charge < -0.3 is 10.2 Å². The van der Waals surface area contributed by atoms with Gasteiger partial charge in [0.15, 0.2) is 6.54 Å². The van der Waals surface area contributed by atoms with Crippen LogP contribution in [0.2, 0.25) is 0 Å². The van der Waals surface area contributed by atoms with E-state index in [1.807, 2.05) is 0 Å². The monoisotopic (exact) mass is 408 g/mol. The summed E-state index contributed by atoms with van der Waals surface area (Å²) in [5.74, 6) is 1.40. The minimum absolute atomic E-state index is 0.0154. The van der Waals surface area contributed by atoms with Gasteiger partial charge in [-0.3, -0.25) is 4.79 Å². The lowest BCUT2D eigenvalue weighted by molar-refractivity contribution is -0.900. The molecule has 2 saturated heterocycles. The second-order valence-corrected chi connectivity index (χ2v) is 10.9. The van der Waals surface area contributed by atoms with Crippen molar-refractivity contribution < 1.29 is 18.1 Å². The van der Waals surface area contributed by atoms with E-state index in [0.717, 1.165) is 19.5 Å². The highest BCUT2D eigenvalue weighted by molar-refractivity contribution is 7.89. The van der Waals surface area contributed by atoms with Crippen LogP contribution in [0.25, 0.3) is 0 Å². The maximum atomic E-state index is 12.9. The van der Waals surface area contributed by atoms with E-state index in [9.17, 15) is 13.2 Å². The number of nitrogens with zero attached hydrogens (tertiary/aromatic N) is 1. The summed E-state index contributed by atoms with van der Waals surface area (Å²) in [5.41, 5.74) is 0.647. The van der Waals surface area contributed by atoms with Gasteiger partial charge in [0, 0.05) is 24.7 Å². The van der Waals surface area contributed by atoms with Crippen LogP contribution in [0.3, 0.4) is 0 Å². The molecule has 1 aromatic rings. The van der Waals surface area contributed by atoms with Gasteiger partial charge in [0.1, 0.15) is 0 Å². The molecule has 28 heavy (non-hydrogen) atoms. The van der Waals surface area contributed by atoms with Crippen molar-refractivity contribution in [3.63, 3.8) is 0 Å². The molecule has 0 aliphatic carbocycles. The Labute approximate surface area is 169 Å². The Bertz CT molecular complexity index is 769. The summed E-state index contributed by atoms with van der Waals surface area (Å²) in [4.78, 5) is 13.9. The first-order chi connectivity index (χ1) is 13.2. The normalized spacial score (nSPS) is 29.4. The second kappa shape index (κ2) is 8.93. The van der Waals surface area contributed by atoms with Crippen molar-refractivity contribution in [2.75, 3.05) is 38.0 Å². The molecule has 1 unspecified atom stereocenters. The van der Waals surface area contributed by atoms with Crippen LogP contribution in [0.1, 0.15) is 40.0 Å². The van der Waals surface area contributed by atoms with E-state index in [1.54, 1.807) is 28.6 Å². The van der Waals surface area contributed by atoms with E-state index in [2.05, 4.69) is 26.1 Å². The van der Waals surface area contributed by atoms with Crippen LogP contribution in [0, 0.1) is 17.8 Å². The smallest absolute Gasteiger partial charge is 0.279 e. The maximum absolute atomic E-state index is 12.9. The fourth-order valence-electron chi connectivity index (χ4n) is 4.65. The lowest BCUT2D eigenvalue weighted by Gasteiger charge is -2.34. The largest absolute Gasteiger partial charge is 0.327 e. The molecule has 2 fully saturated rings. The van der Waals surface area contributed by atoms with Crippen molar-refractivity contribution >= 4 is 21.6 Å². The molecule has 0 radical (unpaired) electrons. The van der Waals surface area contributed by atoms with Gasteiger partial charge in [-0.25, -0.2) is 8.42 Å². The number of quaternary nitrogens is 1. The van der Waals surface area contributed by atoms with E-state index < -0.39 is 10.0 Å². The van der Waals surface area contributed by atoms with Gasteiger partial charge >= 0.3 is 0 Å². The highest BCUT2D eigenvalue weighted by Gasteiger charge is 2.31. The Hall–Kier alpha value is -1.44. The summed E-state index contributed by atoms with van der Waals surface area (Å²) in [7, 11) is -3.49. The summed E-state index contributed by atoms with van der Waals surface area (Å²) in [5, 5.41) is 2.91. The molecule has 7 heteroatoms. The summed E-state index contributed by atoms with van der Waals surface area (Å²) in [6.45, 7) is 10.1. The Morgan fingerprint density at radius 3 is 2.36 bits per heavy atom. The topological polar surface area (TPSA) is 70.9 Å². The lowest BCUT2D eigenvalue weighted by atomic mass is 9.94. The summed E-state index contributed by atoms with van der Waals surface area (Å²) in [6.07, 6.45) is 3.48. The van der Waals surface area contributed by atoms with Crippen LogP contribution in [0.5, 0.6) is 0 Å². The Kier molecular flexibility index (Phi) is 6.78. The van der Waals surface area contributed by atoms with E-state index in [0.29, 0.717) is 48.0 Å². The third-order valence-corrected chi connectivity index (χ3v) is 7.73. The number of carbonyl (C=O) groups is 1. The maximum Gasteiger partial charge on any atom is 0.279 e. The predicted octanol–water partition coefficient (Wildman–Crippen LogP) is 1.61. The van der Waals surface area contributed by atoms with Crippen molar-refractivity contribution in [2.24, 2.45) is 17.8 Å². The van der Waals surface area contributed by atoms with E-state index >= 15 is 0 Å². The zero-order chi connectivity index (χ0) is 20.3. The molecular weight excluding hydrogens is 374 g/mol. The number of rotatable bonds is 5. The number of anilines is 1.